The number of hydrogen-bond donors (Lipinski definition) is 1. The molecule has 0 amide bonds. The predicted octanol–water partition coefficient (Wildman–Crippen LogP) is 3.33. The average Bonchev–Trinajstić information content (AvgIpc) is 2.89. The Labute approximate surface area is 112 Å². The second kappa shape index (κ2) is 5.02. The van der Waals surface area contributed by atoms with Crippen LogP contribution in [0.4, 0.5) is 11.4 Å². The maximum absolute atomic E-state index is 5.86. The van der Waals surface area contributed by atoms with E-state index >= 15 is 0 Å². The summed E-state index contributed by atoms with van der Waals surface area (Å²) >= 11 is 1.78. The summed E-state index contributed by atoms with van der Waals surface area (Å²) in [6, 6.07) is 8.55. The van der Waals surface area contributed by atoms with Crippen LogP contribution in [-0.2, 0) is 12.8 Å². The Hall–Kier alpha value is -1.48. The molecule has 0 saturated heterocycles. The van der Waals surface area contributed by atoms with Crippen molar-refractivity contribution in [3.8, 4) is 0 Å². The Morgan fingerprint density at radius 3 is 3.06 bits per heavy atom. The lowest BCUT2D eigenvalue weighted by Crippen LogP contribution is -2.31. The van der Waals surface area contributed by atoms with Crippen LogP contribution >= 0.6 is 11.3 Å². The molecule has 0 fully saturated rings. The molecule has 0 radical (unpaired) electrons. The fraction of sp³-hybridized carbons (Fsp3) is 0.333. The summed E-state index contributed by atoms with van der Waals surface area (Å²) in [5, 5.41) is 4.40. The second-order valence-electron chi connectivity index (χ2n) is 4.86. The lowest BCUT2D eigenvalue weighted by atomic mass is 10.0. The SMILES string of the molecule is Nc1ccc2c(c1)CCCN2CCc1ccsc1. The number of nitrogens with two attached hydrogens (primary N) is 1. The Morgan fingerprint density at radius 2 is 2.22 bits per heavy atom. The highest BCUT2D eigenvalue weighted by Crippen LogP contribution is 2.28. The molecule has 0 bridgehead atoms. The van der Waals surface area contributed by atoms with Crippen LogP contribution in [0.2, 0.25) is 0 Å². The van der Waals surface area contributed by atoms with Gasteiger partial charge in [0.25, 0.3) is 0 Å². The first kappa shape index (κ1) is 11.6. The van der Waals surface area contributed by atoms with E-state index in [1.165, 1.54) is 29.8 Å². The highest BCUT2D eigenvalue weighted by Gasteiger charge is 2.16. The standard InChI is InChI=1S/C15H18N2S/c16-14-3-4-15-13(10-14)2-1-7-17(15)8-5-12-6-9-18-11-12/h3-4,6,9-11H,1-2,5,7-8,16H2. The van der Waals surface area contributed by atoms with E-state index in [0.29, 0.717) is 0 Å². The van der Waals surface area contributed by atoms with Gasteiger partial charge < -0.3 is 10.6 Å². The molecule has 0 atom stereocenters. The second-order valence-corrected chi connectivity index (χ2v) is 5.64. The largest absolute Gasteiger partial charge is 0.399 e. The van der Waals surface area contributed by atoms with Crippen molar-refractivity contribution in [2.75, 3.05) is 23.7 Å². The number of rotatable bonds is 3. The Morgan fingerprint density at radius 1 is 1.28 bits per heavy atom. The molecule has 0 spiro atoms. The monoisotopic (exact) mass is 258 g/mol. The molecule has 2 N–H and O–H groups in total. The minimum absolute atomic E-state index is 0.883. The van der Waals surface area contributed by atoms with Crippen molar-refractivity contribution in [1.82, 2.24) is 0 Å². The van der Waals surface area contributed by atoms with Crippen LogP contribution in [0.5, 0.6) is 0 Å². The first-order chi connectivity index (χ1) is 8.83. The van der Waals surface area contributed by atoms with Crippen LogP contribution in [0, 0.1) is 0 Å². The van der Waals surface area contributed by atoms with E-state index in [0.717, 1.165) is 25.1 Å². The molecule has 1 aromatic heterocycles. The van der Waals surface area contributed by atoms with Crippen molar-refractivity contribution in [3.63, 3.8) is 0 Å². The maximum atomic E-state index is 5.86. The van der Waals surface area contributed by atoms with Gasteiger partial charge in [0.1, 0.15) is 0 Å². The fourth-order valence-corrected chi connectivity index (χ4v) is 3.33. The first-order valence-corrected chi connectivity index (χ1v) is 7.41. The smallest absolute Gasteiger partial charge is 0.0400 e. The number of nitrogens with zero attached hydrogens (tertiary/aromatic N) is 1. The molecule has 3 rings (SSSR count). The average molecular weight is 258 g/mol. The van der Waals surface area contributed by atoms with Gasteiger partial charge in [-0.2, -0.15) is 11.3 Å². The molecule has 2 heterocycles. The van der Waals surface area contributed by atoms with Gasteiger partial charge in [-0.15, -0.1) is 0 Å². The molecule has 0 unspecified atom stereocenters. The van der Waals surface area contributed by atoms with E-state index in [-0.39, 0.29) is 0 Å². The zero-order valence-corrected chi connectivity index (χ0v) is 11.2. The first-order valence-electron chi connectivity index (χ1n) is 6.47. The van der Waals surface area contributed by atoms with E-state index in [9.17, 15) is 0 Å². The minimum Gasteiger partial charge on any atom is -0.399 e. The number of hydrogen-bond acceptors (Lipinski definition) is 3. The van der Waals surface area contributed by atoms with Gasteiger partial charge in [-0.1, -0.05) is 0 Å². The molecule has 1 aliphatic rings. The molecule has 1 aromatic carbocycles. The van der Waals surface area contributed by atoms with Crippen molar-refractivity contribution in [2.45, 2.75) is 19.3 Å². The molecule has 94 valence electrons. The van der Waals surface area contributed by atoms with E-state index in [1.54, 1.807) is 11.3 Å². The lowest BCUT2D eigenvalue weighted by molar-refractivity contribution is 0.688. The van der Waals surface area contributed by atoms with E-state index < -0.39 is 0 Å². The van der Waals surface area contributed by atoms with Crippen LogP contribution in [-0.4, -0.2) is 13.1 Å². The third-order valence-corrected chi connectivity index (χ3v) is 4.30. The van der Waals surface area contributed by atoms with E-state index in [2.05, 4.69) is 33.9 Å². The number of fused-ring (bicyclic) bond motifs is 1. The van der Waals surface area contributed by atoms with Crippen LogP contribution in [0.25, 0.3) is 0 Å². The maximum Gasteiger partial charge on any atom is 0.0400 e. The zero-order valence-electron chi connectivity index (χ0n) is 10.4. The molecule has 3 heteroatoms. The summed E-state index contributed by atoms with van der Waals surface area (Å²) in [4.78, 5) is 2.50. The van der Waals surface area contributed by atoms with Crippen molar-refractivity contribution < 1.29 is 0 Å². The number of nitrogen functional groups attached to an aromatic ring is 1. The van der Waals surface area contributed by atoms with Crippen molar-refractivity contribution in [2.24, 2.45) is 0 Å². The zero-order chi connectivity index (χ0) is 12.4. The Balaban J connectivity index is 1.75. The number of aryl methyl sites for hydroxylation is 1. The summed E-state index contributed by atoms with van der Waals surface area (Å²) < 4.78 is 0. The fourth-order valence-electron chi connectivity index (χ4n) is 2.63. The highest BCUT2D eigenvalue weighted by molar-refractivity contribution is 7.07. The molecular weight excluding hydrogens is 240 g/mol. The predicted molar refractivity (Wildman–Crippen MR) is 79.4 cm³/mol. The van der Waals surface area contributed by atoms with Crippen molar-refractivity contribution in [1.29, 1.82) is 0 Å². The van der Waals surface area contributed by atoms with Gasteiger partial charge in [0.2, 0.25) is 0 Å². The molecule has 0 aliphatic carbocycles. The molecule has 0 saturated carbocycles. The van der Waals surface area contributed by atoms with Crippen LogP contribution in [0.15, 0.2) is 35.0 Å². The number of thiophene rings is 1. The quantitative estimate of drug-likeness (QED) is 0.856. The van der Waals surface area contributed by atoms with Gasteiger partial charge >= 0.3 is 0 Å². The van der Waals surface area contributed by atoms with E-state index in [4.69, 9.17) is 5.73 Å². The van der Waals surface area contributed by atoms with Crippen LogP contribution in [0.3, 0.4) is 0 Å². The summed E-state index contributed by atoms with van der Waals surface area (Å²) in [6.45, 7) is 2.27. The highest BCUT2D eigenvalue weighted by atomic mass is 32.1. The third kappa shape index (κ3) is 2.36. The summed E-state index contributed by atoms with van der Waals surface area (Å²) in [5.41, 5.74) is 11.0. The molecular formula is C15H18N2S. The van der Waals surface area contributed by atoms with E-state index in [1.807, 2.05) is 6.07 Å². The minimum atomic E-state index is 0.883. The van der Waals surface area contributed by atoms with Gasteiger partial charge in [-0.3, -0.25) is 0 Å². The topological polar surface area (TPSA) is 29.3 Å². The summed E-state index contributed by atoms with van der Waals surface area (Å²) in [5.74, 6) is 0. The van der Waals surface area contributed by atoms with Crippen molar-refractivity contribution >= 4 is 22.7 Å². The third-order valence-electron chi connectivity index (χ3n) is 3.57. The van der Waals surface area contributed by atoms with Gasteiger partial charge in [0.15, 0.2) is 0 Å². The van der Waals surface area contributed by atoms with Crippen LogP contribution < -0.4 is 10.6 Å². The summed E-state index contributed by atoms with van der Waals surface area (Å²) in [7, 11) is 0. The Bertz CT molecular complexity index is 519. The Kier molecular flexibility index (Phi) is 3.24. The molecule has 1 aliphatic heterocycles. The normalized spacial score (nSPS) is 14.6. The number of benzene rings is 1. The van der Waals surface area contributed by atoms with Crippen molar-refractivity contribution in [3.05, 3.63) is 46.2 Å². The molecule has 2 aromatic rings. The lowest BCUT2D eigenvalue weighted by Gasteiger charge is -2.31. The molecule has 18 heavy (non-hydrogen) atoms. The van der Waals surface area contributed by atoms with Gasteiger partial charge in [0, 0.05) is 24.5 Å². The van der Waals surface area contributed by atoms with Crippen LogP contribution in [0.1, 0.15) is 17.5 Å². The number of anilines is 2. The van der Waals surface area contributed by atoms with Gasteiger partial charge in [0.05, 0.1) is 0 Å². The van der Waals surface area contributed by atoms with Gasteiger partial charge in [-0.05, 0) is 65.4 Å². The van der Waals surface area contributed by atoms with Gasteiger partial charge in [-0.25, -0.2) is 0 Å². The molecule has 2 nitrogen and oxygen atoms in total. The summed E-state index contributed by atoms with van der Waals surface area (Å²) in [6.07, 6.45) is 3.53.